The number of nitrogens with zero attached hydrogens (tertiary/aromatic N) is 1. The van der Waals surface area contributed by atoms with E-state index >= 15 is 0 Å². The molecule has 1 fully saturated rings. The summed E-state index contributed by atoms with van der Waals surface area (Å²) in [4.78, 5) is 2.34. The molecule has 0 amide bonds. The molecular weight excluding hydrogens is 232 g/mol. The minimum Gasteiger partial charge on any atom is -0.398 e. The number of hydrogen-bond donors (Lipinski definition) is 1. The van der Waals surface area contributed by atoms with Crippen LogP contribution in [0.1, 0.15) is 31.2 Å². The third-order valence-corrected chi connectivity index (χ3v) is 3.98. The number of halogens is 1. The second kappa shape index (κ2) is 5.74. The summed E-state index contributed by atoms with van der Waals surface area (Å²) in [5.41, 5.74) is 7.83. The lowest BCUT2D eigenvalue weighted by Gasteiger charge is -2.22. The van der Waals surface area contributed by atoms with E-state index in [1.165, 1.54) is 25.7 Å². The Morgan fingerprint density at radius 1 is 1.35 bits per heavy atom. The zero-order valence-corrected chi connectivity index (χ0v) is 11.2. The largest absolute Gasteiger partial charge is 0.398 e. The molecule has 0 aromatic heterocycles. The highest BCUT2D eigenvalue weighted by Gasteiger charge is 2.17. The van der Waals surface area contributed by atoms with E-state index in [2.05, 4.69) is 11.9 Å². The summed E-state index contributed by atoms with van der Waals surface area (Å²) >= 11 is 6.18. The van der Waals surface area contributed by atoms with Crippen molar-refractivity contribution in [2.24, 2.45) is 5.92 Å². The number of hydrogen-bond acceptors (Lipinski definition) is 2. The Balaban J connectivity index is 1.95. The first-order chi connectivity index (χ1) is 8.16. The third-order valence-electron chi connectivity index (χ3n) is 3.63. The van der Waals surface area contributed by atoms with Crippen LogP contribution >= 0.6 is 11.6 Å². The smallest absolute Gasteiger partial charge is 0.0471 e. The van der Waals surface area contributed by atoms with Gasteiger partial charge >= 0.3 is 0 Å². The molecule has 1 aromatic rings. The van der Waals surface area contributed by atoms with Gasteiger partial charge in [0.2, 0.25) is 0 Å². The molecule has 17 heavy (non-hydrogen) atoms. The van der Waals surface area contributed by atoms with Gasteiger partial charge in [-0.25, -0.2) is 0 Å². The maximum atomic E-state index is 6.18. The van der Waals surface area contributed by atoms with Gasteiger partial charge in [0.05, 0.1) is 0 Å². The van der Waals surface area contributed by atoms with Crippen molar-refractivity contribution in [2.75, 3.05) is 19.3 Å². The molecule has 0 aliphatic heterocycles. The quantitative estimate of drug-likeness (QED) is 0.831. The van der Waals surface area contributed by atoms with Crippen molar-refractivity contribution in [1.82, 2.24) is 4.90 Å². The summed E-state index contributed by atoms with van der Waals surface area (Å²) in [6.07, 6.45) is 5.55. The van der Waals surface area contributed by atoms with E-state index in [4.69, 9.17) is 17.3 Å². The molecule has 1 aromatic carbocycles. The van der Waals surface area contributed by atoms with Gasteiger partial charge in [-0.2, -0.15) is 0 Å². The lowest BCUT2D eigenvalue weighted by molar-refractivity contribution is 0.271. The van der Waals surface area contributed by atoms with Gasteiger partial charge < -0.3 is 10.6 Å². The molecule has 0 unspecified atom stereocenters. The molecule has 2 rings (SSSR count). The van der Waals surface area contributed by atoms with Crippen LogP contribution in [0.15, 0.2) is 18.2 Å². The Morgan fingerprint density at radius 3 is 2.71 bits per heavy atom. The van der Waals surface area contributed by atoms with Crippen molar-refractivity contribution in [2.45, 2.75) is 32.2 Å². The molecule has 1 aliphatic rings. The third kappa shape index (κ3) is 3.36. The number of nitrogen functional groups attached to an aromatic ring is 1. The van der Waals surface area contributed by atoms with Gasteiger partial charge in [-0.3, -0.25) is 0 Å². The van der Waals surface area contributed by atoms with Gasteiger partial charge in [0.15, 0.2) is 0 Å². The fourth-order valence-corrected chi connectivity index (χ4v) is 2.95. The van der Waals surface area contributed by atoms with E-state index in [0.29, 0.717) is 0 Å². The van der Waals surface area contributed by atoms with Crippen molar-refractivity contribution in [3.8, 4) is 0 Å². The van der Waals surface area contributed by atoms with E-state index in [1.54, 1.807) is 0 Å². The summed E-state index contributed by atoms with van der Waals surface area (Å²) in [6, 6.07) is 5.74. The molecule has 0 atom stereocenters. The molecule has 2 nitrogen and oxygen atoms in total. The van der Waals surface area contributed by atoms with Crippen LogP contribution in [0.5, 0.6) is 0 Å². The van der Waals surface area contributed by atoms with Crippen LogP contribution in [0.25, 0.3) is 0 Å². The van der Waals surface area contributed by atoms with Gasteiger partial charge in [-0.15, -0.1) is 0 Å². The van der Waals surface area contributed by atoms with Gasteiger partial charge in [0, 0.05) is 29.4 Å². The van der Waals surface area contributed by atoms with E-state index in [0.717, 1.165) is 35.3 Å². The summed E-state index contributed by atoms with van der Waals surface area (Å²) in [5.74, 6) is 0.865. The SMILES string of the molecule is CN(Cc1c(N)cccc1Cl)CC1CCCC1. The molecule has 1 saturated carbocycles. The highest BCUT2D eigenvalue weighted by Crippen LogP contribution is 2.27. The first-order valence-electron chi connectivity index (χ1n) is 6.38. The van der Waals surface area contributed by atoms with Crippen LogP contribution in [-0.4, -0.2) is 18.5 Å². The normalized spacial score (nSPS) is 16.9. The molecule has 3 heteroatoms. The molecule has 0 spiro atoms. The second-order valence-electron chi connectivity index (χ2n) is 5.15. The van der Waals surface area contributed by atoms with Crippen molar-refractivity contribution in [1.29, 1.82) is 0 Å². The molecule has 94 valence electrons. The fourth-order valence-electron chi connectivity index (χ4n) is 2.71. The molecule has 1 aliphatic carbocycles. The Bertz CT molecular complexity index is 352. The molecule has 0 bridgehead atoms. The van der Waals surface area contributed by atoms with Crippen LogP contribution in [0.3, 0.4) is 0 Å². The maximum absolute atomic E-state index is 6.18. The Kier molecular flexibility index (Phi) is 4.30. The van der Waals surface area contributed by atoms with Crippen molar-refractivity contribution >= 4 is 17.3 Å². The number of anilines is 1. The van der Waals surface area contributed by atoms with Crippen LogP contribution in [0, 0.1) is 5.92 Å². The van der Waals surface area contributed by atoms with Crippen LogP contribution in [-0.2, 0) is 6.54 Å². The number of benzene rings is 1. The van der Waals surface area contributed by atoms with Crippen LogP contribution < -0.4 is 5.73 Å². The van der Waals surface area contributed by atoms with E-state index in [-0.39, 0.29) is 0 Å². The summed E-state index contributed by atoms with van der Waals surface area (Å²) < 4.78 is 0. The average molecular weight is 253 g/mol. The van der Waals surface area contributed by atoms with Gasteiger partial charge in [0.25, 0.3) is 0 Å². The zero-order chi connectivity index (χ0) is 12.3. The summed E-state index contributed by atoms with van der Waals surface area (Å²) in [6.45, 7) is 2.01. The zero-order valence-electron chi connectivity index (χ0n) is 10.5. The van der Waals surface area contributed by atoms with E-state index < -0.39 is 0 Å². The summed E-state index contributed by atoms with van der Waals surface area (Å²) in [7, 11) is 2.15. The number of rotatable bonds is 4. The average Bonchev–Trinajstić information content (AvgIpc) is 2.76. The monoisotopic (exact) mass is 252 g/mol. The second-order valence-corrected chi connectivity index (χ2v) is 5.56. The van der Waals surface area contributed by atoms with Gasteiger partial charge in [-0.1, -0.05) is 30.5 Å². The molecule has 2 N–H and O–H groups in total. The lowest BCUT2D eigenvalue weighted by Crippen LogP contribution is -2.24. The Labute approximate surface area is 109 Å². The Morgan fingerprint density at radius 2 is 2.06 bits per heavy atom. The van der Waals surface area contributed by atoms with Crippen LogP contribution in [0.2, 0.25) is 5.02 Å². The maximum Gasteiger partial charge on any atom is 0.0471 e. The molecule has 0 saturated heterocycles. The van der Waals surface area contributed by atoms with Gasteiger partial charge in [-0.05, 0) is 37.9 Å². The standard InChI is InChI=1S/C14H21ClN2/c1-17(9-11-5-2-3-6-11)10-12-13(15)7-4-8-14(12)16/h4,7-8,11H,2-3,5-6,9-10,16H2,1H3. The molecule has 0 radical (unpaired) electrons. The summed E-state index contributed by atoms with van der Waals surface area (Å²) in [5, 5.41) is 0.781. The van der Waals surface area contributed by atoms with Crippen LogP contribution in [0.4, 0.5) is 5.69 Å². The minimum absolute atomic E-state index is 0.781. The van der Waals surface area contributed by atoms with E-state index in [1.807, 2.05) is 18.2 Å². The van der Waals surface area contributed by atoms with E-state index in [9.17, 15) is 0 Å². The lowest BCUT2D eigenvalue weighted by atomic mass is 10.1. The van der Waals surface area contributed by atoms with Crippen molar-refractivity contribution < 1.29 is 0 Å². The highest BCUT2D eigenvalue weighted by molar-refractivity contribution is 6.31. The molecular formula is C14H21ClN2. The minimum atomic E-state index is 0.781. The van der Waals surface area contributed by atoms with Gasteiger partial charge in [0.1, 0.15) is 0 Å². The van der Waals surface area contributed by atoms with Crippen molar-refractivity contribution in [3.05, 3.63) is 28.8 Å². The predicted molar refractivity (Wildman–Crippen MR) is 74.2 cm³/mol. The first kappa shape index (κ1) is 12.7. The van der Waals surface area contributed by atoms with Crippen molar-refractivity contribution in [3.63, 3.8) is 0 Å². The predicted octanol–water partition coefficient (Wildman–Crippen LogP) is 3.54. The first-order valence-corrected chi connectivity index (χ1v) is 6.76. The topological polar surface area (TPSA) is 29.3 Å². The highest BCUT2D eigenvalue weighted by atomic mass is 35.5. The molecule has 0 heterocycles. The Hall–Kier alpha value is -0.730. The fraction of sp³-hybridized carbons (Fsp3) is 0.571. The number of nitrogens with two attached hydrogens (primary N) is 1.